The molecule has 1 fully saturated rings. The van der Waals surface area contributed by atoms with E-state index in [1.165, 1.54) is 20.5 Å². The lowest BCUT2D eigenvalue weighted by molar-refractivity contribution is -0.160. The fourth-order valence-corrected chi connectivity index (χ4v) is 2.03. The highest BCUT2D eigenvalue weighted by molar-refractivity contribution is 5.78. The van der Waals surface area contributed by atoms with Gasteiger partial charge in [0.1, 0.15) is 0 Å². The second-order valence-corrected chi connectivity index (χ2v) is 4.76. The van der Waals surface area contributed by atoms with Crippen molar-refractivity contribution in [2.24, 2.45) is 5.92 Å². The largest absolute Gasteiger partial charge is 0.467 e. The Morgan fingerprint density at radius 1 is 1.60 bits per heavy atom. The number of nitrogens with one attached hydrogen (secondary N) is 1. The van der Waals surface area contributed by atoms with E-state index < -0.39 is 11.6 Å². The van der Waals surface area contributed by atoms with Gasteiger partial charge in [0.2, 0.25) is 0 Å². The Morgan fingerprint density at radius 2 is 2.27 bits per heavy atom. The van der Waals surface area contributed by atoms with Crippen LogP contribution < -0.4 is 5.32 Å². The van der Waals surface area contributed by atoms with Gasteiger partial charge in [-0.2, -0.15) is 0 Å². The number of ether oxygens (including phenoxy) is 1. The van der Waals surface area contributed by atoms with Crippen LogP contribution in [0.3, 0.4) is 0 Å². The summed E-state index contributed by atoms with van der Waals surface area (Å²) in [5, 5.41) is 13.0. The Hall–Kier alpha value is -0.610. The standard InChI is InChI=1S/C11H21NO3/c1-8-4-5-9(6-8)12-7-11(2,14)10(13)15-3/h8-9,12,14H,4-7H2,1-3H3. The number of hydrogen-bond acceptors (Lipinski definition) is 4. The van der Waals surface area contributed by atoms with Gasteiger partial charge < -0.3 is 15.2 Å². The molecule has 15 heavy (non-hydrogen) atoms. The first-order valence-corrected chi connectivity index (χ1v) is 5.50. The first kappa shape index (κ1) is 12.5. The predicted octanol–water partition coefficient (Wildman–Crippen LogP) is 0.689. The summed E-state index contributed by atoms with van der Waals surface area (Å²) in [7, 11) is 1.29. The lowest BCUT2D eigenvalue weighted by Crippen LogP contribution is -2.47. The highest BCUT2D eigenvalue weighted by Gasteiger charge is 2.32. The van der Waals surface area contributed by atoms with Gasteiger partial charge in [0, 0.05) is 12.6 Å². The summed E-state index contributed by atoms with van der Waals surface area (Å²) in [5.41, 5.74) is -1.42. The minimum atomic E-state index is -1.42. The molecule has 1 aliphatic carbocycles. The molecule has 1 rings (SSSR count). The van der Waals surface area contributed by atoms with Crippen molar-refractivity contribution in [3.63, 3.8) is 0 Å². The molecule has 0 aliphatic heterocycles. The zero-order valence-corrected chi connectivity index (χ0v) is 9.75. The highest BCUT2D eigenvalue weighted by Crippen LogP contribution is 2.24. The van der Waals surface area contributed by atoms with E-state index in [1.807, 2.05) is 0 Å². The third kappa shape index (κ3) is 3.47. The fourth-order valence-electron chi connectivity index (χ4n) is 2.03. The van der Waals surface area contributed by atoms with Gasteiger partial charge in [-0.25, -0.2) is 4.79 Å². The summed E-state index contributed by atoms with van der Waals surface area (Å²) in [5.74, 6) is 0.159. The minimum absolute atomic E-state index is 0.261. The van der Waals surface area contributed by atoms with Gasteiger partial charge in [-0.3, -0.25) is 0 Å². The van der Waals surface area contributed by atoms with Gasteiger partial charge in [0.15, 0.2) is 5.60 Å². The molecule has 3 atom stereocenters. The number of carbonyl (C=O) groups is 1. The van der Waals surface area contributed by atoms with Crippen LogP contribution >= 0.6 is 0 Å². The van der Waals surface area contributed by atoms with Gasteiger partial charge in [-0.15, -0.1) is 0 Å². The molecule has 3 unspecified atom stereocenters. The molecule has 4 heteroatoms. The lowest BCUT2D eigenvalue weighted by atomic mass is 10.1. The molecular formula is C11H21NO3. The Kier molecular flexibility index (Phi) is 4.11. The van der Waals surface area contributed by atoms with E-state index in [-0.39, 0.29) is 6.54 Å². The number of methoxy groups -OCH3 is 1. The van der Waals surface area contributed by atoms with Crippen LogP contribution in [0.15, 0.2) is 0 Å². The second-order valence-electron chi connectivity index (χ2n) is 4.76. The number of carbonyl (C=O) groups excluding carboxylic acids is 1. The van der Waals surface area contributed by atoms with E-state index in [2.05, 4.69) is 17.0 Å². The zero-order valence-electron chi connectivity index (χ0n) is 9.75. The molecule has 0 aromatic rings. The first-order chi connectivity index (χ1) is 6.95. The van der Waals surface area contributed by atoms with Crippen LogP contribution in [0.4, 0.5) is 0 Å². The van der Waals surface area contributed by atoms with E-state index in [1.54, 1.807) is 0 Å². The number of rotatable bonds is 4. The maximum absolute atomic E-state index is 11.2. The molecule has 88 valence electrons. The molecule has 0 spiro atoms. The monoisotopic (exact) mass is 215 g/mol. The molecule has 0 bridgehead atoms. The third-order valence-electron chi connectivity index (χ3n) is 3.05. The maximum Gasteiger partial charge on any atom is 0.338 e. The summed E-state index contributed by atoms with van der Waals surface area (Å²) in [6.45, 7) is 3.96. The summed E-state index contributed by atoms with van der Waals surface area (Å²) < 4.78 is 4.52. The minimum Gasteiger partial charge on any atom is -0.467 e. The Bertz CT molecular complexity index is 228. The van der Waals surface area contributed by atoms with Crippen LogP contribution in [0.25, 0.3) is 0 Å². The lowest BCUT2D eigenvalue weighted by Gasteiger charge is -2.23. The second kappa shape index (κ2) is 4.94. The van der Waals surface area contributed by atoms with Crippen LogP contribution in [0.1, 0.15) is 33.1 Å². The average Bonchev–Trinajstić information content (AvgIpc) is 2.60. The van der Waals surface area contributed by atoms with Gasteiger partial charge in [0.25, 0.3) is 0 Å². The van der Waals surface area contributed by atoms with Crippen LogP contribution in [0.2, 0.25) is 0 Å². The summed E-state index contributed by atoms with van der Waals surface area (Å²) in [6, 6.07) is 0.427. The van der Waals surface area contributed by atoms with Crippen LogP contribution in [0, 0.1) is 5.92 Å². The van der Waals surface area contributed by atoms with E-state index in [0.717, 1.165) is 18.8 Å². The smallest absolute Gasteiger partial charge is 0.338 e. The number of hydrogen-bond donors (Lipinski definition) is 2. The molecule has 0 radical (unpaired) electrons. The molecule has 0 saturated heterocycles. The van der Waals surface area contributed by atoms with Crippen molar-refractivity contribution in [1.29, 1.82) is 0 Å². The van der Waals surface area contributed by atoms with Crippen molar-refractivity contribution in [2.45, 2.75) is 44.8 Å². The Labute approximate surface area is 91.0 Å². The molecule has 1 aliphatic rings. The van der Waals surface area contributed by atoms with Crippen LogP contribution in [0.5, 0.6) is 0 Å². The fraction of sp³-hybridized carbons (Fsp3) is 0.909. The molecule has 1 saturated carbocycles. The number of esters is 1. The van der Waals surface area contributed by atoms with Crippen molar-refractivity contribution >= 4 is 5.97 Å². The van der Waals surface area contributed by atoms with Gasteiger partial charge >= 0.3 is 5.97 Å². The van der Waals surface area contributed by atoms with Crippen LogP contribution in [-0.2, 0) is 9.53 Å². The molecular weight excluding hydrogens is 194 g/mol. The molecule has 2 N–H and O–H groups in total. The molecule has 0 heterocycles. The predicted molar refractivity (Wildman–Crippen MR) is 57.4 cm³/mol. The highest BCUT2D eigenvalue weighted by atomic mass is 16.5. The summed E-state index contributed by atoms with van der Waals surface area (Å²) in [4.78, 5) is 11.2. The Morgan fingerprint density at radius 3 is 2.73 bits per heavy atom. The van der Waals surface area contributed by atoms with Crippen molar-refractivity contribution in [1.82, 2.24) is 5.32 Å². The average molecular weight is 215 g/mol. The van der Waals surface area contributed by atoms with Crippen LogP contribution in [-0.4, -0.2) is 36.4 Å². The maximum atomic E-state index is 11.2. The normalized spacial score (nSPS) is 29.9. The molecule has 0 aromatic carbocycles. The van der Waals surface area contributed by atoms with Gasteiger partial charge in [0.05, 0.1) is 7.11 Å². The summed E-state index contributed by atoms with van der Waals surface area (Å²) in [6.07, 6.45) is 3.47. The zero-order chi connectivity index (χ0) is 11.5. The quantitative estimate of drug-likeness (QED) is 0.677. The third-order valence-corrected chi connectivity index (χ3v) is 3.05. The first-order valence-electron chi connectivity index (χ1n) is 5.50. The SMILES string of the molecule is COC(=O)C(C)(O)CNC1CCC(C)C1. The van der Waals surface area contributed by atoms with Crippen molar-refractivity contribution in [3.8, 4) is 0 Å². The van der Waals surface area contributed by atoms with Crippen molar-refractivity contribution in [2.75, 3.05) is 13.7 Å². The topological polar surface area (TPSA) is 58.6 Å². The van der Waals surface area contributed by atoms with Crippen molar-refractivity contribution < 1.29 is 14.6 Å². The summed E-state index contributed by atoms with van der Waals surface area (Å²) >= 11 is 0. The molecule has 4 nitrogen and oxygen atoms in total. The molecule has 0 amide bonds. The van der Waals surface area contributed by atoms with Gasteiger partial charge in [-0.05, 0) is 32.1 Å². The van der Waals surface area contributed by atoms with E-state index in [9.17, 15) is 9.90 Å². The van der Waals surface area contributed by atoms with Crippen molar-refractivity contribution in [3.05, 3.63) is 0 Å². The molecule has 0 aromatic heterocycles. The van der Waals surface area contributed by atoms with E-state index in [0.29, 0.717) is 6.04 Å². The number of aliphatic hydroxyl groups is 1. The van der Waals surface area contributed by atoms with E-state index >= 15 is 0 Å². The Balaban J connectivity index is 2.32. The van der Waals surface area contributed by atoms with E-state index in [4.69, 9.17) is 0 Å². The van der Waals surface area contributed by atoms with Gasteiger partial charge in [-0.1, -0.05) is 6.92 Å².